The predicted molar refractivity (Wildman–Crippen MR) is 314 cm³/mol. The van der Waals surface area contributed by atoms with E-state index < -0.39 is 80.1 Å². The van der Waals surface area contributed by atoms with E-state index in [4.69, 9.17) is 34.8 Å². The molecule has 1 N–H and O–H groups in total. The number of anilines is 2. The summed E-state index contributed by atoms with van der Waals surface area (Å²) in [5.41, 5.74) is -5.75. The van der Waals surface area contributed by atoms with Gasteiger partial charge >= 0.3 is 75.2 Å². The molecule has 412 valence electrons. The number of benzene rings is 4. The number of likely N-dealkylation sites (N-methyl/N-ethyl adjacent to an activating group) is 1. The van der Waals surface area contributed by atoms with Crippen LogP contribution in [0.1, 0.15) is 61.1 Å². The number of alkyl halides is 12. The third-order valence-corrected chi connectivity index (χ3v) is 11.7. The van der Waals surface area contributed by atoms with Crippen LogP contribution < -0.4 is 23.5 Å². The van der Waals surface area contributed by atoms with Crippen molar-refractivity contribution in [1.29, 1.82) is 0 Å². The Morgan fingerprint density at radius 2 is 0.867 bits per heavy atom. The second-order valence-electron chi connectivity index (χ2n) is 16.1. The molecule has 0 fully saturated rings. The minimum atomic E-state index is -5.03. The quantitative estimate of drug-likeness (QED) is 0.0934. The van der Waals surface area contributed by atoms with Crippen molar-refractivity contribution < 1.29 is 75.5 Å². The third kappa shape index (κ3) is 20.5. The van der Waals surface area contributed by atoms with Crippen LogP contribution in [0.3, 0.4) is 0 Å². The van der Waals surface area contributed by atoms with Crippen LogP contribution >= 0.6 is 133 Å². The fourth-order valence-electron chi connectivity index (χ4n) is 6.47. The Hall–Kier alpha value is -1.47. The number of nitrogens with one attached hydrogen (secondary N) is 1. The van der Waals surface area contributed by atoms with Gasteiger partial charge in [-0.1, -0.05) is 59.6 Å². The van der Waals surface area contributed by atoms with Crippen LogP contribution in [0.5, 0.6) is 0 Å². The van der Waals surface area contributed by atoms with Gasteiger partial charge in [0.05, 0.1) is 56.9 Å². The zero-order valence-corrected chi connectivity index (χ0v) is 54.6. The Morgan fingerprint density at radius 3 is 1.21 bits per heavy atom. The molecule has 0 unspecified atom stereocenters. The van der Waals surface area contributed by atoms with Gasteiger partial charge < -0.3 is 10.2 Å². The Balaban J connectivity index is 0.000000581. The van der Waals surface area contributed by atoms with E-state index in [0.717, 1.165) is 40.6 Å². The van der Waals surface area contributed by atoms with Crippen molar-refractivity contribution in [2.24, 2.45) is 0 Å². The number of pyridine rings is 2. The first-order valence-electron chi connectivity index (χ1n) is 20.3. The summed E-state index contributed by atoms with van der Waals surface area (Å²) in [6.07, 6.45) is -13.6. The van der Waals surface area contributed by atoms with E-state index in [-0.39, 0.29) is 41.8 Å². The monoisotopic (exact) mass is 1800 g/mol. The van der Waals surface area contributed by atoms with Gasteiger partial charge in [0.25, 0.3) is 0 Å². The molecule has 75 heavy (non-hydrogen) atoms. The van der Waals surface area contributed by atoms with E-state index in [1.165, 1.54) is 33.3 Å². The molecule has 0 spiro atoms. The molecule has 0 radical (unpaired) electrons. The Labute approximate surface area is 510 Å². The summed E-state index contributed by atoms with van der Waals surface area (Å²) >= 11 is 27.2. The molecule has 0 aliphatic carbocycles. The van der Waals surface area contributed by atoms with Crippen molar-refractivity contribution in [2.45, 2.75) is 63.2 Å². The summed E-state index contributed by atoms with van der Waals surface area (Å²) in [6.45, 7) is 4.84. The third-order valence-electron chi connectivity index (χ3n) is 10.5. The van der Waals surface area contributed by atoms with E-state index >= 15 is 0 Å². The summed E-state index contributed by atoms with van der Waals surface area (Å²) < 4.78 is 156. The van der Waals surface area contributed by atoms with E-state index in [2.05, 4.69) is 89.7 Å². The molecule has 0 aliphatic rings. The molecule has 0 atom stereocenters. The number of nitrogens with zero attached hydrogens (tertiary/aromatic N) is 3. The minimum absolute atomic E-state index is 0. The average Bonchev–Trinajstić information content (AvgIpc) is 3.33. The first-order chi connectivity index (χ1) is 34.1. The van der Waals surface area contributed by atoms with Crippen LogP contribution in [-0.2, 0) is 45.1 Å². The molecule has 4 aromatic carbocycles. The van der Waals surface area contributed by atoms with Crippen molar-refractivity contribution in [3.05, 3.63) is 165 Å². The van der Waals surface area contributed by atoms with E-state index in [0.29, 0.717) is 53.7 Å². The number of amides is 1. The van der Waals surface area contributed by atoms with Gasteiger partial charge in [-0.05, 0) is 111 Å². The van der Waals surface area contributed by atoms with Gasteiger partial charge in [0, 0.05) is 96.0 Å². The topological polar surface area (TPSA) is 75.2 Å². The Morgan fingerprint density at radius 1 is 0.547 bits per heavy atom. The molecular weight excluding hydrogens is 1760 g/mol. The molecule has 0 saturated carbocycles. The van der Waals surface area contributed by atoms with Gasteiger partial charge in [0.15, 0.2) is 0 Å². The molecule has 6 nitrogen and oxygen atoms in total. The van der Waals surface area contributed by atoms with E-state index in [9.17, 15) is 62.3 Å². The molecule has 0 aliphatic heterocycles. The number of aromatic nitrogens is 2. The number of carbonyl (C=O) groups is 2. The van der Waals surface area contributed by atoms with Crippen LogP contribution in [-0.4, -0.2) is 35.2 Å². The SMILES string of the molecule is CC(C)(C(=O)Cl)c1cc(C(F)(F)F)cc(C(F)(F)F)c1.CN(C(=O)C(C)(C)c1cc(C(F)(F)F)cc(C(F)(F)F)c1)c1cnccc1-c1ccccc1Cl.CNc1cnccc1-c1ccccc1Cl.I.II.I[I-]I. The van der Waals surface area contributed by atoms with Gasteiger partial charge in [-0.2, -0.15) is 52.7 Å². The second-order valence-corrected chi connectivity index (χ2v) is 33.5. The van der Waals surface area contributed by atoms with Gasteiger partial charge in [-0.3, -0.25) is 19.6 Å². The number of carbonyl (C=O) groups excluding carboxylic acids is 2. The molecular formula is C48H40Cl3F12I6N4O2-. The van der Waals surface area contributed by atoms with Crippen molar-refractivity contribution in [2.75, 3.05) is 24.3 Å². The fraction of sp³-hybridized carbons (Fsp3) is 0.250. The normalized spacial score (nSPS) is 11.6. The molecule has 2 aromatic heterocycles. The standard InChI is InChI=1S/C24H19ClF6N2O.C12H9ClF6O.C12H11ClN2.I3.I2.HI/c1-22(2,14-10-15(23(26,27)28)12-16(11-14)24(29,30)31)21(34)33(3)20-13-32-9-8-18(20)17-6-4-5-7-19(17)25;1-10(2,9(13)20)6-3-7(11(14,15)16)5-8(4-6)12(17,18)19;1-14-12-8-15-7-6-10(12)9-4-2-3-5-11(9)13;1-3-2;1-2;/h4-13H,1-3H3;3-5H,1-2H3;2-8,14H,1H3;;;1H/q;;;-1;;. The predicted octanol–water partition coefficient (Wildman–Crippen LogP) is 16.8. The molecule has 0 bridgehead atoms. The number of hydrogen-bond acceptors (Lipinski definition) is 5. The average molecular weight is 1800 g/mol. The first-order valence-corrected chi connectivity index (χ1v) is 40.3. The zero-order valence-electron chi connectivity index (χ0n) is 39.2. The number of hydrogen-bond donors (Lipinski definition) is 1. The summed E-state index contributed by atoms with van der Waals surface area (Å²) in [5, 5.41) is 3.19. The van der Waals surface area contributed by atoms with Crippen molar-refractivity contribution in [3.8, 4) is 22.3 Å². The number of halogens is 21. The molecule has 6 rings (SSSR count). The van der Waals surface area contributed by atoms with Crippen LogP contribution in [0.25, 0.3) is 22.3 Å². The van der Waals surface area contributed by atoms with Crippen molar-refractivity contribution >= 4 is 156 Å². The van der Waals surface area contributed by atoms with Crippen molar-refractivity contribution in [3.63, 3.8) is 0 Å². The fourth-order valence-corrected chi connectivity index (χ4v) is 7.05. The second kappa shape index (κ2) is 30.9. The van der Waals surface area contributed by atoms with Crippen LogP contribution in [0.4, 0.5) is 64.1 Å². The van der Waals surface area contributed by atoms with E-state index in [1.807, 2.05) is 37.4 Å². The Kier molecular flexibility index (Phi) is 29.5. The maximum absolute atomic E-state index is 13.5. The molecule has 2 heterocycles. The van der Waals surface area contributed by atoms with Crippen molar-refractivity contribution in [1.82, 2.24) is 9.97 Å². The van der Waals surface area contributed by atoms with Crippen LogP contribution in [0.2, 0.25) is 10.0 Å². The summed E-state index contributed by atoms with van der Waals surface area (Å²) in [7, 11) is 3.25. The van der Waals surface area contributed by atoms with Gasteiger partial charge in [0.1, 0.15) is 0 Å². The number of rotatable bonds is 8. The van der Waals surface area contributed by atoms with Gasteiger partial charge in [-0.15, -0.1) is 24.0 Å². The van der Waals surface area contributed by atoms with Gasteiger partial charge in [-0.25, -0.2) is 0 Å². The molecule has 1 amide bonds. The van der Waals surface area contributed by atoms with Gasteiger partial charge in [0.2, 0.25) is 11.1 Å². The Bertz CT molecular complexity index is 2770. The van der Waals surface area contributed by atoms with Crippen LogP contribution in [0, 0.1) is 0 Å². The molecule has 27 heteroatoms. The summed E-state index contributed by atoms with van der Waals surface area (Å²) in [4.78, 5) is 33.9. The van der Waals surface area contributed by atoms with Crippen LogP contribution in [0.15, 0.2) is 122 Å². The zero-order chi connectivity index (χ0) is 56.8. The van der Waals surface area contributed by atoms with E-state index in [1.54, 1.807) is 42.7 Å². The maximum atomic E-state index is 13.5. The summed E-state index contributed by atoms with van der Waals surface area (Å²) in [5.74, 6) is -0.735. The summed E-state index contributed by atoms with van der Waals surface area (Å²) in [6, 6.07) is 20.3. The first kappa shape index (κ1) is 71.5. The molecule has 6 aromatic rings. The molecule has 0 saturated heterocycles.